The van der Waals surface area contributed by atoms with E-state index >= 15 is 0 Å². The second kappa shape index (κ2) is 9.01. The molecule has 0 atom stereocenters. The maximum absolute atomic E-state index is 12.8. The van der Waals surface area contributed by atoms with Gasteiger partial charge in [0.2, 0.25) is 0 Å². The Kier molecular flexibility index (Phi) is 6.45. The van der Waals surface area contributed by atoms with E-state index in [1.54, 1.807) is 11.8 Å². The van der Waals surface area contributed by atoms with Crippen LogP contribution in [0.4, 0.5) is 4.79 Å². The summed E-state index contributed by atoms with van der Waals surface area (Å²) in [6.07, 6.45) is 2.50. The van der Waals surface area contributed by atoms with Gasteiger partial charge in [-0.05, 0) is 62.8 Å². The highest BCUT2D eigenvalue weighted by molar-refractivity contribution is 5.94. The molecule has 1 aromatic carbocycles. The molecule has 0 unspecified atom stereocenters. The molecule has 150 valence electrons. The number of rotatable bonds is 4. The number of amides is 2. The van der Waals surface area contributed by atoms with Crippen molar-refractivity contribution in [2.75, 3.05) is 39.4 Å². The fraction of sp³-hybridized carbons (Fsp3) is 0.545. The van der Waals surface area contributed by atoms with Gasteiger partial charge in [0.05, 0.1) is 6.61 Å². The van der Waals surface area contributed by atoms with Crippen molar-refractivity contribution in [2.45, 2.75) is 33.1 Å². The maximum atomic E-state index is 12.8. The Labute approximate surface area is 166 Å². The molecule has 3 rings (SSSR count). The van der Waals surface area contributed by atoms with E-state index in [1.807, 2.05) is 36.1 Å². The minimum Gasteiger partial charge on any atom is -0.494 e. The zero-order chi connectivity index (χ0) is 20.0. The van der Waals surface area contributed by atoms with Crippen LogP contribution < -0.4 is 4.74 Å². The Bertz CT molecular complexity index is 755. The van der Waals surface area contributed by atoms with Gasteiger partial charge in [0.1, 0.15) is 5.75 Å². The van der Waals surface area contributed by atoms with Gasteiger partial charge < -0.3 is 19.3 Å². The molecule has 1 spiro atoms. The van der Waals surface area contributed by atoms with Crippen molar-refractivity contribution < 1.29 is 19.1 Å². The molecule has 0 N–H and O–H groups in total. The molecular weight excluding hydrogens is 356 g/mol. The van der Waals surface area contributed by atoms with Crippen LogP contribution in [0.3, 0.4) is 0 Å². The second-order valence-electron chi connectivity index (χ2n) is 7.40. The van der Waals surface area contributed by atoms with Crippen LogP contribution in [0.1, 0.15) is 43.5 Å². The van der Waals surface area contributed by atoms with Crippen molar-refractivity contribution in [3.8, 4) is 17.6 Å². The lowest BCUT2D eigenvalue weighted by Gasteiger charge is -2.39. The summed E-state index contributed by atoms with van der Waals surface area (Å²) in [7, 11) is 0. The molecule has 0 aliphatic carbocycles. The molecule has 2 aliphatic rings. The average Bonchev–Trinajstić information content (AvgIpc) is 3.13. The summed E-state index contributed by atoms with van der Waals surface area (Å²) in [6, 6.07) is 7.32. The number of hydrogen-bond acceptors (Lipinski definition) is 4. The maximum Gasteiger partial charge on any atom is 0.410 e. The van der Waals surface area contributed by atoms with Gasteiger partial charge >= 0.3 is 6.09 Å². The zero-order valence-electron chi connectivity index (χ0n) is 16.7. The number of ether oxygens (including phenoxy) is 2. The predicted molar refractivity (Wildman–Crippen MR) is 106 cm³/mol. The molecule has 0 bridgehead atoms. The van der Waals surface area contributed by atoms with Gasteiger partial charge in [-0.3, -0.25) is 4.79 Å². The topological polar surface area (TPSA) is 59.1 Å². The first-order valence-corrected chi connectivity index (χ1v) is 9.90. The standard InChI is InChI=1S/C22H28N2O4/c1-3-5-16-28-21(26)24-15-12-22(17-24)10-13-23(14-11-22)20(25)18-6-8-19(9-7-18)27-4-2/h6-9H,4,10-17H2,1-2H3. The van der Waals surface area contributed by atoms with E-state index in [0.717, 1.165) is 38.1 Å². The van der Waals surface area contributed by atoms with E-state index in [1.165, 1.54) is 0 Å². The molecular formula is C22H28N2O4. The highest BCUT2D eigenvalue weighted by Gasteiger charge is 2.43. The van der Waals surface area contributed by atoms with E-state index in [0.29, 0.717) is 25.3 Å². The molecule has 1 aromatic rings. The lowest BCUT2D eigenvalue weighted by Crippen LogP contribution is -2.44. The number of carbonyl (C=O) groups is 2. The van der Waals surface area contributed by atoms with Gasteiger partial charge in [-0.1, -0.05) is 5.92 Å². The normalized spacial score (nSPS) is 17.8. The van der Waals surface area contributed by atoms with Crippen LogP contribution >= 0.6 is 0 Å². The lowest BCUT2D eigenvalue weighted by molar-refractivity contribution is 0.0579. The van der Waals surface area contributed by atoms with Crippen molar-refractivity contribution >= 4 is 12.0 Å². The fourth-order valence-electron chi connectivity index (χ4n) is 3.99. The first kappa shape index (κ1) is 20.1. The molecule has 2 heterocycles. The van der Waals surface area contributed by atoms with Gasteiger partial charge in [-0.15, -0.1) is 5.92 Å². The molecule has 2 aliphatic heterocycles. The average molecular weight is 384 g/mol. The number of hydrogen-bond donors (Lipinski definition) is 0. The number of benzene rings is 1. The molecule has 0 saturated carbocycles. The third kappa shape index (κ3) is 4.59. The van der Waals surface area contributed by atoms with E-state index in [-0.39, 0.29) is 24.0 Å². The minimum absolute atomic E-state index is 0.0605. The van der Waals surface area contributed by atoms with Crippen molar-refractivity contribution in [2.24, 2.45) is 5.41 Å². The van der Waals surface area contributed by atoms with Crippen molar-refractivity contribution in [3.05, 3.63) is 29.8 Å². The summed E-state index contributed by atoms with van der Waals surface area (Å²) < 4.78 is 10.6. The van der Waals surface area contributed by atoms with E-state index in [9.17, 15) is 9.59 Å². The van der Waals surface area contributed by atoms with Crippen LogP contribution in [0.5, 0.6) is 5.75 Å². The third-order valence-electron chi connectivity index (χ3n) is 5.66. The van der Waals surface area contributed by atoms with Crippen molar-refractivity contribution in [3.63, 3.8) is 0 Å². The Hall–Kier alpha value is -2.68. The van der Waals surface area contributed by atoms with E-state index in [2.05, 4.69) is 11.8 Å². The molecule has 2 amide bonds. The van der Waals surface area contributed by atoms with Crippen LogP contribution in [0.25, 0.3) is 0 Å². The van der Waals surface area contributed by atoms with Crippen LogP contribution in [0, 0.1) is 17.3 Å². The zero-order valence-corrected chi connectivity index (χ0v) is 16.7. The summed E-state index contributed by atoms with van der Waals surface area (Å²) in [5, 5.41) is 0. The summed E-state index contributed by atoms with van der Waals surface area (Å²) in [6.45, 7) is 7.27. The Morgan fingerprint density at radius 3 is 2.32 bits per heavy atom. The van der Waals surface area contributed by atoms with E-state index < -0.39 is 0 Å². The number of likely N-dealkylation sites (tertiary alicyclic amines) is 2. The van der Waals surface area contributed by atoms with Gasteiger partial charge in [-0.2, -0.15) is 0 Å². The van der Waals surface area contributed by atoms with Crippen LogP contribution in [-0.2, 0) is 4.74 Å². The molecule has 2 saturated heterocycles. The Morgan fingerprint density at radius 2 is 1.71 bits per heavy atom. The Morgan fingerprint density at radius 1 is 1.07 bits per heavy atom. The monoisotopic (exact) mass is 384 g/mol. The lowest BCUT2D eigenvalue weighted by atomic mass is 9.77. The first-order chi connectivity index (χ1) is 13.6. The molecule has 0 aromatic heterocycles. The summed E-state index contributed by atoms with van der Waals surface area (Å²) in [5.41, 5.74) is 0.790. The fourth-order valence-corrected chi connectivity index (χ4v) is 3.99. The van der Waals surface area contributed by atoms with Crippen LogP contribution in [-0.4, -0.2) is 61.2 Å². The van der Waals surface area contributed by atoms with Gasteiger partial charge in [0.15, 0.2) is 6.61 Å². The summed E-state index contributed by atoms with van der Waals surface area (Å²) in [4.78, 5) is 28.6. The summed E-state index contributed by atoms with van der Waals surface area (Å²) in [5.74, 6) is 6.30. The van der Waals surface area contributed by atoms with Gasteiger partial charge in [0, 0.05) is 31.7 Å². The van der Waals surface area contributed by atoms with Crippen molar-refractivity contribution in [1.82, 2.24) is 9.80 Å². The number of carbonyl (C=O) groups excluding carboxylic acids is 2. The van der Waals surface area contributed by atoms with E-state index in [4.69, 9.17) is 9.47 Å². The predicted octanol–water partition coefficient (Wildman–Crippen LogP) is 3.17. The molecule has 0 radical (unpaired) electrons. The first-order valence-electron chi connectivity index (χ1n) is 9.90. The molecule has 6 heteroatoms. The minimum atomic E-state index is -0.285. The highest BCUT2D eigenvalue weighted by Crippen LogP contribution is 2.40. The summed E-state index contributed by atoms with van der Waals surface area (Å²) >= 11 is 0. The van der Waals surface area contributed by atoms with Gasteiger partial charge in [-0.25, -0.2) is 4.79 Å². The quantitative estimate of drug-likeness (QED) is 0.748. The SMILES string of the molecule is CC#CCOC(=O)N1CCC2(CCN(C(=O)c3ccc(OCC)cc3)CC2)C1. The van der Waals surface area contributed by atoms with Crippen LogP contribution in [0.15, 0.2) is 24.3 Å². The smallest absolute Gasteiger partial charge is 0.410 e. The molecule has 2 fully saturated rings. The molecule has 6 nitrogen and oxygen atoms in total. The number of piperidine rings is 1. The largest absolute Gasteiger partial charge is 0.494 e. The number of nitrogens with zero attached hydrogens (tertiary/aromatic N) is 2. The van der Waals surface area contributed by atoms with Crippen LogP contribution in [0.2, 0.25) is 0 Å². The Balaban J connectivity index is 1.52. The highest BCUT2D eigenvalue weighted by atomic mass is 16.6. The second-order valence-corrected chi connectivity index (χ2v) is 7.40. The molecule has 28 heavy (non-hydrogen) atoms. The van der Waals surface area contributed by atoms with Crippen molar-refractivity contribution in [1.29, 1.82) is 0 Å². The third-order valence-corrected chi connectivity index (χ3v) is 5.66. The van der Waals surface area contributed by atoms with Gasteiger partial charge in [0.25, 0.3) is 5.91 Å².